The van der Waals surface area contributed by atoms with Crippen molar-refractivity contribution in [2.24, 2.45) is 0 Å². The van der Waals surface area contributed by atoms with Crippen LogP contribution in [0.15, 0.2) is 24.3 Å². The molecule has 0 unspecified atom stereocenters. The minimum Gasteiger partial charge on any atom is -0.317 e. The largest absolute Gasteiger partial charge is 0.471 e. The van der Waals surface area contributed by atoms with Gasteiger partial charge in [0.05, 0.1) is 5.69 Å². The van der Waals surface area contributed by atoms with Gasteiger partial charge in [0.15, 0.2) is 0 Å². The highest BCUT2D eigenvalue weighted by Gasteiger charge is 2.38. The lowest BCUT2D eigenvalue weighted by molar-refractivity contribution is -0.167. The molecular weight excluding hydrogens is 295 g/mol. The van der Waals surface area contributed by atoms with E-state index < -0.39 is 20.2 Å². The molecule has 0 bridgehead atoms. The second kappa shape index (κ2) is 6.51. The smallest absolute Gasteiger partial charge is 0.317 e. The third-order valence-corrected chi connectivity index (χ3v) is 3.00. The number of para-hydroxylation sites is 1. The maximum absolute atomic E-state index is 12.2. The van der Waals surface area contributed by atoms with Crippen LogP contribution in [0.25, 0.3) is 0 Å². The molecule has 1 aromatic carbocycles. The Hall–Kier alpha value is -2.18. The number of benzene rings is 1. The van der Waals surface area contributed by atoms with Crippen molar-refractivity contribution >= 4 is 19.7 Å². The number of nitrogens with one attached hydrogen (secondary N) is 1. The quantitative estimate of drug-likeness (QED) is 0.625. The van der Waals surface area contributed by atoms with Gasteiger partial charge in [-0.25, -0.2) is 0 Å². The third-order valence-electron chi connectivity index (χ3n) is 2.13. The van der Waals surface area contributed by atoms with Gasteiger partial charge in [-0.05, 0) is 24.0 Å². The molecule has 2 nitrogen and oxygen atoms in total. The second-order valence-electron chi connectivity index (χ2n) is 5.25. The van der Waals surface area contributed by atoms with E-state index in [4.69, 9.17) is 0 Å². The van der Waals surface area contributed by atoms with E-state index in [2.05, 4.69) is 42.9 Å². The van der Waals surface area contributed by atoms with Crippen molar-refractivity contribution in [3.8, 4) is 23.3 Å². The van der Waals surface area contributed by atoms with E-state index >= 15 is 0 Å². The molecule has 0 atom stereocenters. The van der Waals surface area contributed by atoms with Crippen molar-refractivity contribution in [3.63, 3.8) is 0 Å². The van der Waals surface area contributed by atoms with Crippen LogP contribution >= 0.6 is 0 Å². The van der Waals surface area contributed by atoms with E-state index in [1.807, 2.05) is 0 Å². The first-order valence-corrected chi connectivity index (χ1v) is 9.60. The monoisotopic (exact) mass is 309 g/mol. The molecular formula is C15H14F3NOSi. The Labute approximate surface area is 122 Å². The predicted molar refractivity (Wildman–Crippen MR) is 79.1 cm³/mol. The van der Waals surface area contributed by atoms with E-state index in [0.717, 1.165) is 0 Å². The Morgan fingerprint density at radius 2 is 1.76 bits per heavy atom. The Morgan fingerprint density at radius 1 is 1.14 bits per heavy atom. The van der Waals surface area contributed by atoms with Crippen LogP contribution in [-0.2, 0) is 4.79 Å². The molecule has 0 aliphatic carbocycles. The summed E-state index contributed by atoms with van der Waals surface area (Å²) in [6.07, 6.45) is -4.93. The van der Waals surface area contributed by atoms with Crippen molar-refractivity contribution in [1.82, 2.24) is 0 Å². The number of amides is 1. The summed E-state index contributed by atoms with van der Waals surface area (Å²) in [7, 11) is -1.54. The number of anilines is 1. The van der Waals surface area contributed by atoms with Crippen molar-refractivity contribution in [2.75, 3.05) is 5.32 Å². The van der Waals surface area contributed by atoms with Crippen molar-refractivity contribution < 1.29 is 18.0 Å². The molecule has 1 aromatic rings. The van der Waals surface area contributed by atoms with Gasteiger partial charge in [0.1, 0.15) is 8.07 Å². The van der Waals surface area contributed by atoms with Gasteiger partial charge >= 0.3 is 12.1 Å². The van der Waals surface area contributed by atoms with Gasteiger partial charge in [0.25, 0.3) is 0 Å². The summed E-state index contributed by atoms with van der Waals surface area (Å²) in [5.74, 6) is 5.94. The minimum absolute atomic E-state index is 0.0159. The Kier molecular flexibility index (Phi) is 5.23. The fourth-order valence-electron chi connectivity index (χ4n) is 1.21. The average molecular weight is 309 g/mol. The molecule has 6 heteroatoms. The van der Waals surface area contributed by atoms with Gasteiger partial charge in [-0.3, -0.25) is 4.79 Å². The molecule has 0 radical (unpaired) electrons. The Balaban J connectivity index is 2.98. The fraction of sp³-hybridized carbons (Fsp3) is 0.267. The molecule has 0 aliphatic rings. The number of hydrogen-bond acceptors (Lipinski definition) is 1. The summed E-state index contributed by atoms with van der Waals surface area (Å²) in [5.41, 5.74) is 3.33. The maximum atomic E-state index is 12.2. The number of hydrogen-bond donors (Lipinski definition) is 1. The first-order valence-electron chi connectivity index (χ1n) is 6.10. The van der Waals surface area contributed by atoms with E-state index in [1.54, 1.807) is 11.4 Å². The summed E-state index contributed by atoms with van der Waals surface area (Å²) in [5, 5.41) is 1.80. The highest BCUT2D eigenvalue weighted by Crippen LogP contribution is 2.20. The van der Waals surface area contributed by atoms with E-state index in [0.29, 0.717) is 5.56 Å². The molecule has 110 valence electrons. The summed E-state index contributed by atoms with van der Waals surface area (Å²) in [6.45, 7) is 6.16. The van der Waals surface area contributed by atoms with Crippen LogP contribution in [0.2, 0.25) is 19.6 Å². The van der Waals surface area contributed by atoms with E-state index in [9.17, 15) is 18.0 Å². The highest BCUT2D eigenvalue weighted by molar-refractivity contribution is 6.83. The number of alkyl halides is 3. The number of carbonyl (C=O) groups excluding carboxylic acids is 1. The number of halogens is 3. The predicted octanol–water partition coefficient (Wildman–Crippen LogP) is 3.42. The number of carbonyl (C=O) groups is 1. The maximum Gasteiger partial charge on any atom is 0.471 e. The lowest BCUT2D eigenvalue weighted by atomic mass is 10.2. The van der Waals surface area contributed by atoms with Gasteiger partial charge in [-0.1, -0.05) is 37.7 Å². The van der Waals surface area contributed by atoms with Gasteiger partial charge in [0, 0.05) is 5.56 Å². The molecule has 0 aromatic heterocycles. The molecule has 0 saturated heterocycles. The molecule has 0 heterocycles. The van der Waals surface area contributed by atoms with Crippen molar-refractivity contribution in [1.29, 1.82) is 0 Å². The molecule has 0 saturated carbocycles. The standard InChI is InChI=1S/C15H14F3NOSi/c1-21(2,3)11-7-6-9-12-8-4-5-10-13(12)19-14(20)15(16,17)18/h4-5,8,10H,1-3H3,(H,19,20). The molecule has 0 spiro atoms. The minimum atomic E-state index is -4.93. The zero-order valence-corrected chi connectivity index (χ0v) is 12.9. The van der Waals surface area contributed by atoms with Crippen LogP contribution in [-0.4, -0.2) is 20.2 Å². The Bertz CT molecular complexity index is 652. The van der Waals surface area contributed by atoms with Crippen LogP contribution in [0.4, 0.5) is 18.9 Å². The molecule has 1 rings (SSSR count). The van der Waals surface area contributed by atoms with Crippen LogP contribution in [0, 0.1) is 23.3 Å². The van der Waals surface area contributed by atoms with Gasteiger partial charge in [-0.15, -0.1) is 5.54 Å². The zero-order chi connectivity index (χ0) is 16.1. The lowest BCUT2D eigenvalue weighted by Crippen LogP contribution is -2.30. The van der Waals surface area contributed by atoms with Gasteiger partial charge < -0.3 is 5.32 Å². The lowest BCUT2D eigenvalue weighted by Gasteiger charge is -2.09. The molecule has 1 amide bonds. The van der Waals surface area contributed by atoms with Gasteiger partial charge in [0.2, 0.25) is 0 Å². The third kappa shape index (κ3) is 6.20. The zero-order valence-electron chi connectivity index (χ0n) is 11.9. The number of rotatable bonds is 1. The van der Waals surface area contributed by atoms with E-state index in [-0.39, 0.29) is 5.69 Å². The van der Waals surface area contributed by atoms with Gasteiger partial charge in [-0.2, -0.15) is 13.2 Å². The molecule has 1 N–H and O–H groups in total. The SMILES string of the molecule is C[Si](C)(C)C#CC#Cc1ccccc1NC(=O)C(F)(F)F. The van der Waals surface area contributed by atoms with Crippen molar-refractivity contribution in [2.45, 2.75) is 25.8 Å². The summed E-state index contributed by atoms with van der Waals surface area (Å²) in [6, 6.07) is 6.03. The van der Waals surface area contributed by atoms with Crippen LogP contribution < -0.4 is 5.32 Å². The Morgan fingerprint density at radius 3 is 2.33 bits per heavy atom. The summed E-state index contributed by atoms with van der Waals surface area (Å²) < 4.78 is 36.7. The highest BCUT2D eigenvalue weighted by atomic mass is 28.3. The fourth-order valence-corrected chi connectivity index (χ4v) is 1.65. The van der Waals surface area contributed by atoms with Crippen molar-refractivity contribution in [3.05, 3.63) is 29.8 Å². The molecule has 21 heavy (non-hydrogen) atoms. The molecule has 0 fully saturated rings. The first-order chi connectivity index (χ1) is 9.59. The normalized spacial score (nSPS) is 10.8. The summed E-state index contributed by atoms with van der Waals surface area (Å²) in [4.78, 5) is 10.9. The molecule has 0 aliphatic heterocycles. The topological polar surface area (TPSA) is 29.1 Å². The van der Waals surface area contributed by atoms with Crippen LogP contribution in [0.1, 0.15) is 5.56 Å². The van der Waals surface area contributed by atoms with Crippen LogP contribution in [0.3, 0.4) is 0 Å². The van der Waals surface area contributed by atoms with E-state index in [1.165, 1.54) is 18.2 Å². The first kappa shape index (κ1) is 16.9. The average Bonchev–Trinajstić information content (AvgIpc) is 2.34. The second-order valence-corrected chi connectivity index (χ2v) is 10.00. The summed E-state index contributed by atoms with van der Waals surface area (Å²) >= 11 is 0. The van der Waals surface area contributed by atoms with Crippen LogP contribution in [0.5, 0.6) is 0 Å².